The van der Waals surface area contributed by atoms with Gasteiger partial charge >= 0.3 is 0 Å². The number of para-hydroxylation sites is 1. The highest BCUT2D eigenvalue weighted by Gasteiger charge is 2.15. The largest absolute Gasteiger partial charge is 0.484 e. The molecule has 0 radical (unpaired) electrons. The second kappa shape index (κ2) is 7.58. The number of nitrogens with zero attached hydrogens (tertiary/aromatic N) is 1. The lowest BCUT2D eigenvalue weighted by Gasteiger charge is -2.12. The Hall–Kier alpha value is -2.38. The Morgan fingerprint density at radius 1 is 1.18 bits per heavy atom. The monoisotopic (exact) mass is 319 g/mol. The summed E-state index contributed by atoms with van der Waals surface area (Å²) in [5, 5.41) is 6.49. The van der Waals surface area contributed by atoms with E-state index >= 15 is 0 Å². The zero-order valence-electron chi connectivity index (χ0n) is 12.3. The normalized spacial score (nSPS) is 10.3. The maximum atomic E-state index is 12.0. The number of thiophene rings is 1. The molecule has 0 bridgehead atoms. The second-order valence-electron chi connectivity index (χ2n) is 4.65. The molecule has 7 heteroatoms. The smallest absolute Gasteiger partial charge is 0.268 e. The SMILES string of the molecule is CN(C)NC(=O)c1ccsc1NC(=O)COc1ccccc1. The summed E-state index contributed by atoms with van der Waals surface area (Å²) in [5.41, 5.74) is 3.06. The van der Waals surface area contributed by atoms with Gasteiger partial charge < -0.3 is 10.1 Å². The van der Waals surface area contributed by atoms with Gasteiger partial charge in [0.25, 0.3) is 11.8 Å². The Labute approximate surface area is 132 Å². The summed E-state index contributed by atoms with van der Waals surface area (Å²) in [7, 11) is 3.44. The topological polar surface area (TPSA) is 70.7 Å². The van der Waals surface area contributed by atoms with E-state index in [0.717, 1.165) is 0 Å². The number of hydrazine groups is 1. The van der Waals surface area contributed by atoms with Gasteiger partial charge in [-0.2, -0.15) is 0 Å². The molecule has 0 fully saturated rings. The number of carbonyl (C=O) groups is 2. The minimum absolute atomic E-state index is 0.114. The Bertz CT molecular complexity index is 640. The van der Waals surface area contributed by atoms with Gasteiger partial charge in [0.05, 0.1) is 5.56 Å². The molecular weight excluding hydrogens is 302 g/mol. The molecule has 0 spiro atoms. The van der Waals surface area contributed by atoms with Gasteiger partial charge in [-0.15, -0.1) is 11.3 Å². The molecule has 0 aliphatic heterocycles. The number of carbonyl (C=O) groups excluding carboxylic acids is 2. The molecule has 2 amide bonds. The molecule has 22 heavy (non-hydrogen) atoms. The van der Waals surface area contributed by atoms with Crippen LogP contribution in [0.2, 0.25) is 0 Å². The van der Waals surface area contributed by atoms with Crippen molar-refractivity contribution < 1.29 is 14.3 Å². The van der Waals surface area contributed by atoms with Crippen molar-refractivity contribution in [2.75, 3.05) is 26.0 Å². The van der Waals surface area contributed by atoms with Crippen LogP contribution in [0.5, 0.6) is 5.75 Å². The maximum absolute atomic E-state index is 12.0. The first-order valence-electron chi connectivity index (χ1n) is 6.60. The van der Waals surface area contributed by atoms with Crippen LogP contribution in [-0.2, 0) is 4.79 Å². The third kappa shape index (κ3) is 4.57. The lowest BCUT2D eigenvalue weighted by atomic mass is 10.3. The van der Waals surface area contributed by atoms with Crippen LogP contribution >= 0.6 is 11.3 Å². The van der Waals surface area contributed by atoms with E-state index in [2.05, 4.69) is 10.7 Å². The molecule has 0 saturated carbocycles. The van der Waals surface area contributed by atoms with Crippen molar-refractivity contribution in [3.8, 4) is 5.75 Å². The van der Waals surface area contributed by atoms with E-state index in [1.807, 2.05) is 18.2 Å². The summed E-state index contributed by atoms with van der Waals surface area (Å²) < 4.78 is 5.37. The van der Waals surface area contributed by atoms with Gasteiger partial charge in [-0.1, -0.05) is 18.2 Å². The average Bonchev–Trinajstić information content (AvgIpc) is 2.94. The molecule has 1 aromatic carbocycles. The molecule has 0 atom stereocenters. The molecule has 1 aromatic heterocycles. The van der Waals surface area contributed by atoms with Crippen LogP contribution in [0.3, 0.4) is 0 Å². The Balaban J connectivity index is 1.92. The molecule has 6 nitrogen and oxygen atoms in total. The van der Waals surface area contributed by atoms with Crippen LogP contribution in [0.4, 0.5) is 5.00 Å². The summed E-state index contributed by atoms with van der Waals surface area (Å²) in [6.45, 7) is -0.114. The first-order valence-corrected chi connectivity index (χ1v) is 7.47. The number of hydrogen-bond acceptors (Lipinski definition) is 5. The molecule has 0 aliphatic carbocycles. The zero-order chi connectivity index (χ0) is 15.9. The summed E-state index contributed by atoms with van der Waals surface area (Å²) in [4.78, 5) is 23.9. The van der Waals surface area contributed by atoms with Gasteiger partial charge in [0.2, 0.25) is 0 Å². The van der Waals surface area contributed by atoms with Gasteiger partial charge in [0, 0.05) is 14.1 Å². The quantitative estimate of drug-likeness (QED) is 0.799. The van der Waals surface area contributed by atoms with E-state index in [1.165, 1.54) is 11.3 Å². The highest BCUT2D eigenvalue weighted by molar-refractivity contribution is 7.14. The van der Waals surface area contributed by atoms with Crippen molar-refractivity contribution in [1.82, 2.24) is 10.4 Å². The third-order valence-corrected chi connectivity index (χ3v) is 3.43. The first-order chi connectivity index (χ1) is 10.6. The van der Waals surface area contributed by atoms with E-state index in [0.29, 0.717) is 16.3 Å². The van der Waals surface area contributed by atoms with Crippen molar-refractivity contribution in [3.05, 3.63) is 47.3 Å². The number of hydrogen-bond donors (Lipinski definition) is 2. The number of nitrogens with one attached hydrogen (secondary N) is 2. The van der Waals surface area contributed by atoms with E-state index in [1.54, 1.807) is 42.7 Å². The Morgan fingerprint density at radius 3 is 2.59 bits per heavy atom. The number of ether oxygens (including phenoxy) is 1. The van der Waals surface area contributed by atoms with Crippen molar-refractivity contribution in [2.45, 2.75) is 0 Å². The van der Waals surface area contributed by atoms with E-state index in [9.17, 15) is 9.59 Å². The lowest BCUT2D eigenvalue weighted by Crippen LogP contribution is -2.36. The summed E-state index contributed by atoms with van der Waals surface area (Å²) >= 11 is 1.29. The lowest BCUT2D eigenvalue weighted by molar-refractivity contribution is -0.118. The van der Waals surface area contributed by atoms with Crippen LogP contribution in [0.1, 0.15) is 10.4 Å². The highest BCUT2D eigenvalue weighted by atomic mass is 32.1. The fourth-order valence-corrected chi connectivity index (χ4v) is 2.48. The van der Waals surface area contributed by atoms with E-state index in [4.69, 9.17) is 4.74 Å². The standard InChI is InChI=1S/C15H17N3O3S/c1-18(2)17-14(20)12-8-9-22-15(12)16-13(19)10-21-11-6-4-3-5-7-11/h3-9H,10H2,1-2H3,(H,16,19)(H,17,20). The van der Waals surface area contributed by atoms with Crippen LogP contribution in [-0.4, -0.2) is 37.5 Å². The van der Waals surface area contributed by atoms with Gasteiger partial charge in [0.15, 0.2) is 6.61 Å². The molecule has 0 aliphatic rings. The van der Waals surface area contributed by atoms with Gasteiger partial charge in [-0.25, -0.2) is 5.01 Å². The molecule has 116 valence electrons. The van der Waals surface area contributed by atoms with Crippen molar-refractivity contribution in [2.24, 2.45) is 0 Å². The highest BCUT2D eigenvalue weighted by Crippen LogP contribution is 2.23. The van der Waals surface area contributed by atoms with Crippen molar-refractivity contribution in [3.63, 3.8) is 0 Å². The molecule has 2 aromatic rings. The second-order valence-corrected chi connectivity index (χ2v) is 5.56. The Kier molecular flexibility index (Phi) is 5.51. The summed E-state index contributed by atoms with van der Waals surface area (Å²) in [5.74, 6) is 0.0325. The Morgan fingerprint density at radius 2 is 1.91 bits per heavy atom. The van der Waals surface area contributed by atoms with Gasteiger partial charge in [-0.3, -0.25) is 15.0 Å². The molecule has 0 unspecified atom stereocenters. The maximum Gasteiger partial charge on any atom is 0.268 e. The van der Waals surface area contributed by atoms with E-state index < -0.39 is 0 Å². The molecule has 2 N–H and O–H groups in total. The van der Waals surface area contributed by atoms with Crippen LogP contribution in [0.25, 0.3) is 0 Å². The number of benzene rings is 1. The van der Waals surface area contributed by atoms with E-state index in [-0.39, 0.29) is 18.4 Å². The molecule has 1 heterocycles. The predicted molar refractivity (Wildman–Crippen MR) is 86.0 cm³/mol. The molecule has 0 saturated heterocycles. The number of rotatable bonds is 6. The minimum atomic E-state index is -0.315. The first kappa shape index (κ1) is 16.0. The van der Waals surface area contributed by atoms with Crippen LogP contribution in [0.15, 0.2) is 41.8 Å². The molecular formula is C15H17N3O3S. The average molecular weight is 319 g/mol. The zero-order valence-corrected chi connectivity index (χ0v) is 13.1. The van der Waals surface area contributed by atoms with Crippen molar-refractivity contribution >= 4 is 28.2 Å². The fraction of sp³-hybridized carbons (Fsp3) is 0.200. The summed E-state index contributed by atoms with van der Waals surface area (Å²) in [6, 6.07) is 10.7. The summed E-state index contributed by atoms with van der Waals surface area (Å²) in [6.07, 6.45) is 0. The minimum Gasteiger partial charge on any atom is -0.484 e. The molecule has 2 rings (SSSR count). The number of amides is 2. The third-order valence-electron chi connectivity index (χ3n) is 2.60. The van der Waals surface area contributed by atoms with Crippen LogP contribution in [0, 0.1) is 0 Å². The fourth-order valence-electron chi connectivity index (χ4n) is 1.68. The van der Waals surface area contributed by atoms with Gasteiger partial charge in [-0.05, 0) is 23.6 Å². The van der Waals surface area contributed by atoms with Crippen molar-refractivity contribution in [1.29, 1.82) is 0 Å². The van der Waals surface area contributed by atoms with Crippen LogP contribution < -0.4 is 15.5 Å². The number of anilines is 1. The van der Waals surface area contributed by atoms with Gasteiger partial charge in [0.1, 0.15) is 10.8 Å². The predicted octanol–water partition coefficient (Wildman–Crippen LogP) is 1.97.